The lowest BCUT2D eigenvalue weighted by molar-refractivity contribution is 0.442. The van der Waals surface area contributed by atoms with Crippen LogP contribution in [0.4, 0.5) is 4.39 Å². The fourth-order valence-electron chi connectivity index (χ4n) is 1.59. The Balaban J connectivity index is 3.01. The van der Waals surface area contributed by atoms with E-state index >= 15 is 0 Å². The topological polar surface area (TPSA) is 61.2 Å². The molecule has 0 aliphatic heterocycles. The van der Waals surface area contributed by atoms with Crippen LogP contribution in [0.5, 0.6) is 0 Å². The monoisotopic (exact) mass is 304 g/mol. The molecule has 0 fully saturated rings. The molecule has 7 heteroatoms. The molecule has 4 nitrogen and oxygen atoms in total. The van der Waals surface area contributed by atoms with Gasteiger partial charge in [-0.05, 0) is 24.6 Å². The predicted molar refractivity (Wildman–Crippen MR) is 71.5 cm³/mol. The molecule has 0 aromatic heterocycles. The number of nitriles is 1. The van der Waals surface area contributed by atoms with Crippen LogP contribution in [0.3, 0.4) is 0 Å². The summed E-state index contributed by atoms with van der Waals surface area (Å²) in [4.78, 5) is 0. The second-order valence-electron chi connectivity index (χ2n) is 3.98. The van der Waals surface area contributed by atoms with E-state index in [1.165, 1.54) is 12.1 Å². The summed E-state index contributed by atoms with van der Waals surface area (Å²) in [5.74, 6) is -1.12. The van der Waals surface area contributed by atoms with Gasteiger partial charge in [0.15, 0.2) is 0 Å². The summed E-state index contributed by atoms with van der Waals surface area (Å²) in [6.45, 7) is 1.80. The van der Waals surface area contributed by atoms with Gasteiger partial charge in [0.25, 0.3) is 0 Å². The van der Waals surface area contributed by atoms with Crippen LogP contribution in [0.2, 0.25) is 5.02 Å². The Labute approximate surface area is 117 Å². The van der Waals surface area contributed by atoms with E-state index < -0.39 is 21.6 Å². The largest absolute Gasteiger partial charge is 0.219 e. The fourth-order valence-corrected chi connectivity index (χ4v) is 3.29. The minimum atomic E-state index is -3.73. The average molecular weight is 305 g/mol. The van der Waals surface area contributed by atoms with E-state index in [9.17, 15) is 12.8 Å². The summed E-state index contributed by atoms with van der Waals surface area (Å²) in [7, 11) is -3.73. The van der Waals surface area contributed by atoms with Crippen molar-refractivity contribution in [2.75, 3.05) is 13.1 Å². The Kier molecular flexibility index (Phi) is 5.73. The molecular weight excluding hydrogens is 291 g/mol. The lowest BCUT2D eigenvalue weighted by Gasteiger charge is -2.18. The Hall–Kier alpha value is -1.16. The first-order valence-electron chi connectivity index (χ1n) is 5.69. The molecule has 0 heterocycles. The molecule has 1 aromatic carbocycles. The van der Waals surface area contributed by atoms with Crippen molar-refractivity contribution in [1.82, 2.24) is 4.31 Å². The van der Waals surface area contributed by atoms with Gasteiger partial charge in [-0.3, -0.25) is 0 Å². The van der Waals surface area contributed by atoms with Gasteiger partial charge >= 0.3 is 0 Å². The average Bonchev–Trinajstić information content (AvgIpc) is 2.33. The van der Waals surface area contributed by atoms with E-state index in [1.807, 2.05) is 0 Å². The molecule has 0 radical (unpaired) electrons. The van der Waals surface area contributed by atoms with Crippen molar-refractivity contribution in [2.24, 2.45) is 0 Å². The zero-order valence-corrected chi connectivity index (χ0v) is 12.0. The first kappa shape index (κ1) is 15.9. The zero-order chi connectivity index (χ0) is 14.5. The molecule has 0 saturated carbocycles. The summed E-state index contributed by atoms with van der Waals surface area (Å²) in [5.41, 5.74) is 0.00606. The van der Waals surface area contributed by atoms with Crippen molar-refractivity contribution in [3.8, 4) is 6.07 Å². The molecule has 1 rings (SSSR count). The number of halogens is 2. The minimum Gasteiger partial charge on any atom is -0.212 e. The van der Waals surface area contributed by atoms with Gasteiger partial charge in [-0.25, -0.2) is 12.8 Å². The first-order valence-corrected chi connectivity index (χ1v) is 7.68. The Morgan fingerprint density at radius 2 is 2.16 bits per heavy atom. The van der Waals surface area contributed by atoms with Crippen LogP contribution in [-0.2, 0) is 15.8 Å². The number of nitrogens with zero attached hydrogens (tertiary/aromatic N) is 2. The summed E-state index contributed by atoms with van der Waals surface area (Å²) >= 11 is 5.72. The molecule has 0 saturated heterocycles. The highest BCUT2D eigenvalue weighted by molar-refractivity contribution is 7.88. The zero-order valence-electron chi connectivity index (χ0n) is 10.4. The summed E-state index contributed by atoms with van der Waals surface area (Å²) in [5, 5.41) is 8.91. The fraction of sp³-hybridized carbons (Fsp3) is 0.417. The van der Waals surface area contributed by atoms with E-state index in [4.69, 9.17) is 16.9 Å². The highest BCUT2D eigenvalue weighted by atomic mass is 35.5. The van der Waals surface area contributed by atoms with Crippen LogP contribution in [0.25, 0.3) is 0 Å². The van der Waals surface area contributed by atoms with Gasteiger partial charge < -0.3 is 0 Å². The maximum absolute atomic E-state index is 13.5. The van der Waals surface area contributed by atoms with Gasteiger partial charge in [0.1, 0.15) is 12.4 Å². The van der Waals surface area contributed by atoms with E-state index in [-0.39, 0.29) is 23.7 Å². The van der Waals surface area contributed by atoms with Gasteiger partial charge in [0, 0.05) is 17.1 Å². The third-order valence-electron chi connectivity index (χ3n) is 2.46. The van der Waals surface area contributed by atoms with Crippen molar-refractivity contribution in [2.45, 2.75) is 19.1 Å². The molecule has 0 bridgehead atoms. The van der Waals surface area contributed by atoms with Crippen LogP contribution in [0.15, 0.2) is 18.2 Å². The molecule has 19 heavy (non-hydrogen) atoms. The van der Waals surface area contributed by atoms with Crippen LogP contribution >= 0.6 is 11.6 Å². The summed E-state index contributed by atoms with van der Waals surface area (Å²) in [6.07, 6.45) is 0.582. The number of rotatable bonds is 6. The number of hydrogen-bond acceptors (Lipinski definition) is 3. The maximum Gasteiger partial charge on any atom is 0.219 e. The Bertz CT molecular complexity index is 584. The molecule has 0 N–H and O–H groups in total. The van der Waals surface area contributed by atoms with Crippen molar-refractivity contribution in [3.63, 3.8) is 0 Å². The van der Waals surface area contributed by atoms with Gasteiger partial charge in [-0.1, -0.05) is 18.5 Å². The van der Waals surface area contributed by atoms with Crippen LogP contribution in [0.1, 0.15) is 18.9 Å². The van der Waals surface area contributed by atoms with E-state index in [0.717, 1.165) is 10.4 Å². The molecule has 0 atom stereocenters. The number of benzene rings is 1. The van der Waals surface area contributed by atoms with E-state index in [2.05, 4.69) is 0 Å². The normalized spacial score (nSPS) is 11.5. The highest BCUT2D eigenvalue weighted by Crippen LogP contribution is 2.19. The number of hydrogen-bond donors (Lipinski definition) is 0. The van der Waals surface area contributed by atoms with Crippen molar-refractivity contribution in [3.05, 3.63) is 34.6 Å². The lowest BCUT2D eigenvalue weighted by atomic mass is 10.2. The second kappa shape index (κ2) is 6.85. The molecule has 0 aliphatic rings. The van der Waals surface area contributed by atoms with Gasteiger partial charge in [0.05, 0.1) is 11.8 Å². The van der Waals surface area contributed by atoms with Crippen molar-refractivity contribution < 1.29 is 12.8 Å². The quantitative estimate of drug-likeness (QED) is 0.759. The van der Waals surface area contributed by atoms with Gasteiger partial charge in [-0.15, -0.1) is 0 Å². The van der Waals surface area contributed by atoms with Gasteiger partial charge in [-0.2, -0.15) is 9.57 Å². The SMILES string of the molecule is CCCN(CC#N)S(=O)(=O)Cc1cc(Cl)ccc1F. The summed E-state index contributed by atoms with van der Waals surface area (Å²) < 4.78 is 38.8. The smallest absolute Gasteiger partial charge is 0.212 e. The lowest BCUT2D eigenvalue weighted by Crippen LogP contribution is -2.33. The standard InChI is InChI=1S/C12H14ClFN2O2S/c1-2-6-16(7-5-15)19(17,18)9-10-8-11(13)3-4-12(10)14/h3-4,8H,2,6-7,9H2,1H3. The molecule has 0 amide bonds. The molecule has 0 unspecified atom stereocenters. The molecule has 104 valence electrons. The van der Waals surface area contributed by atoms with Crippen molar-refractivity contribution in [1.29, 1.82) is 5.26 Å². The predicted octanol–water partition coefficient (Wildman–Crippen LogP) is 2.54. The van der Waals surface area contributed by atoms with Crippen molar-refractivity contribution >= 4 is 21.6 Å². The molecule has 0 aliphatic carbocycles. The molecular formula is C12H14ClFN2O2S. The van der Waals surface area contributed by atoms with E-state index in [0.29, 0.717) is 6.42 Å². The molecule has 1 aromatic rings. The second-order valence-corrected chi connectivity index (χ2v) is 6.39. The third kappa shape index (κ3) is 4.46. The Morgan fingerprint density at radius 1 is 1.47 bits per heavy atom. The highest BCUT2D eigenvalue weighted by Gasteiger charge is 2.23. The molecule has 0 spiro atoms. The maximum atomic E-state index is 13.5. The van der Waals surface area contributed by atoms with Crippen LogP contribution < -0.4 is 0 Å². The Morgan fingerprint density at radius 3 is 2.74 bits per heavy atom. The summed E-state index contributed by atoms with van der Waals surface area (Å²) in [6, 6.07) is 5.56. The van der Waals surface area contributed by atoms with Crippen LogP contribution in [-0.4, -0.2) is 25.8 Å². The number of sulfonamides is 1. The minimum absolute atomic E-state index is 0.00606. The van der Waals surface area contributed by atoms with E-state index in [1.54, 1.807) is 13.0 Å². The third-order valence-corrected chi connectivity index (χ3v) is 4.47. The van der Waals surface area contributed by atoms with Gasteiger partial charge in [0.2, 0.25) is 10.0 Å². The first-order chi connectivity index (χ1) is 8.90. The van der Waals surface area contributed by atoms with Crippen LogP contribution in [0, 0.1) is 17.1 Å².